The van der Waals surface area contributed by atoms with Gasteiger partial charge in [0.1, 0.15) is 4.34 Å². The molecule has 1 nitrogen and oxygen atoms in total. The van der Waals surface area contributed by atoms with Gasteiger partial charge in [-0.25, -0.2) is 0 Å². The molecule has 2 aromatic rings. The molecule has 0 aliphatic rings. The summed E-state index contributed by atoms with van der Waals surface area (Å²) in [6.45, 7) is 7.46. The maximum absolute atomic E-state index is 6.05. The van der Waals surface area contributed by atoms with E-state index in [0.717, 1.165) is 15.4 Å². The summed E-state index contributed by atoms with van der Waals surface area (Å²) in [5, 5.41) is 3.54. The molecule has 1 N–H and O–H groups in total. The van der Waals surface area contributed by atoms with E-state index in [4.69, 9.17) is 11.6 Å². The summed E-state index contributed by atoms with van der Waals surface area (Å²) in [6.07, 6.45) is 0. The zero-order chi connectivity index (χ0) is 14.7. The van der Waals surface area contributed by atoms with Gasteiger partial charge >= 0.3 is 0 Å². The number of halogens is 2. The van der Waals surface area contributed by atoms with Crippen LogP contribution < -0.4 is 5.32 Å². The van der Waals surface area contributed by atoms with Gasteiger partial charge in [0.15, 0.2) is 0 Å². The highest BCUT2D eigenvalue weighted by molar-refractivity contribution is 9.10. The molecule has 2 rings (SSSR count). The van der Waals surface area contributed by atoms with Gasteiger partial charge in [0.2, 0.25) is 0 Å². The van der Waals surface area contributed by atoms with Crippen molar-refractivity contribution >= 4 is 38.9 Å². The molecule has 4 heteroatoms. The van der Waals surface area contributed by atoms with Gasteiger partial charge in [-0.05, 0) is 46.0 Å². The molecular formula is C16H19BrClNS. The lowest BCUT2D eigenvalue weighted by Gasteiger charge is -2.15. The smallest absolute Gasteiger partial charge is 0.107 e. The highest BCUT2D eigenvalue weighted by Gasteiger charge is 2.08. The Balaban J connectivity index is 1.95. The SMILES string of the molecule is CC(C)c1ccc(C(C)NCc2cc(Br)c(Cl)s2)cc1. The van der Waals surface area contributed by atoms with E-state index in [-0.39, 0.29) is 0 Å². The average molecular weight is 373 g/mol. The van der Waals surface area contributed by atoms with Crippen molar-refractivity contribution < 1.29 is 0 Å². The fourth-order valence-corrected chi connectivity index (χ4v) is 3.76. The van der Waals surface area contributed by atoms with Gasteiger partial charge in [-0.15, -0.1) is 11.3 Å². The predicted molar refractivity (Wildman–Crippen MR) is 92.8 cm³/mol. The Kier molecular flexibility index (Phi) is 5.67. The van der Waals surface area contributed by atoms with Crippen LogP contribution in [0.1, 0.15) is 48.7 Å². The number of hydrogen-bond acceptors (Lipinski definition) is 2. The Bertz CT molecular complexity index is 543. The summed E-state index contributed by atoms with van der Waals surface area (Å²) in [5.41, 5.74) is 2.70. The maximum Gasteiger partial charge on any atom is 0.107 e. The lowest BCUT2D eigenvalue weighted by atomic mass is 9.99. The molecule has 0 fully saturated rings. The van der Waals surface area contributed by atoms with Gasteiger partial charge in [0, 0.05) is 21.9 Å². The zero-order valence-corrected chi connectivity index (χ0v) is 15.1. The van der Waals surface area contributed by atoms with E-state index in [1.54, 1.807) is 11.3 Å². The summed E-state index contributed by atoms with van der Waals surface area (Å²) in [4.78, 5) is 1.24. The van der Waals surface area contributed by atoms with Crippen molar-refractivity contribution in [2.75, 3.05) is 0 Å². The van der Waals surface area contributed by atoms with Gasteiger partial charge in [0.25, 0.3) is 0 Å². The summed E-state index contributed by atoms with van der Waals surface area (Å²) >= 11 is 11.1. The fraction of sp³-hybridized carbons (Fsp3) is 0.375. The fourth-order valence-electron chi connectivity index (χ4n) is 2.02. The zero-order valence-electron chi connectivity index (χ0n) is 11.9. The Morgan fingerprint density at radius 2 is 1.75 bits per heavy atom. The van der Waals surface area contributed by atoms with Gasteiger partial charge in [0.05, 0.1) is 0 Å². The molecule has 1 heterocycles. The molecule has 0 aliphatic carbocycles. The number of nitrogens with one attached hydrogen (secondary N) is 1. The summed E-state index contributed by atoms with van der Waals surface area (Å²) in [7, 11) is 0. The molecular weight excluding hydrogens is 354 g/mol. The molecule has 0 saturated heterocycles. The van der Waals surface area contributed by atoms with Crippen LogP contribution in [0, 0.1) is 0 Å². The second-order valence-corrected chi connectivity index (χ2v) is 7.85. The van der Waals surface area contributed by atoms with Crippen LogP contribution in [-0.2, 0) is 6.54 Å². The van der Waals surface area contributed by atoms with Crippen LogP contribution in [0.25, 0.3) is 0 Å². The minimum absolute atomic E-state index is 0.330. The monoisotopic (exact) mass is 371 g/mol. The third-order valence-corrected chi connectivity index (χ3v) is 5.86. The topological polar surface area (TPSA) is 12.0 Å². The highest BCUT2D eigenvalue weighted by Crippen LogP contribution is 2.32. The molecule has 0 bridgehead atoms. The van der Waals surface area contributed by atoms with E-state index in [0.29, 0.717) is 12.0 Å². The van der Waals surface area contributed by atoms with Crippen LogP contribution in [0.15, 0.2) is 34.8 Å². The molecule has 1 aromatic carbocycles. The first-order valence-electron chi connectivity index (χ1n) is 6.74. The van der Waals surface area contributed by atoms with Crippen LogP contribution in [0.2, 0.25) is 4.34 Å². The second kappa shape index (κ2) is 7.08. The Morgan fingerprint density at radius 1 is 1.15 bits per heavy atom. The first-order valence-corrected chi connectivity index (χ1v) is 8.73. The normalized spacial score (nSPS) is 12.9. The first kappa shape index (κ1) is 16.0. The molecule has 0 spiro atoms. The lowest BCUT2D eigenvalue weighted by Crippen LogP contribution is -2.17. The number of rotatable bonds is 5. The molecule has 1 aromatic heterocycles. The Morgan fingerprint density at radius 3 is 2.25 bits per heavy atom. The highest BCUT2D eigenvalue weighted by atomic mass is 79.9. The molecule has 0 amide bonds. The van der Waals surface area contributed by atoms with Crippen molar-refractivity contribution in [3.8, 4) is 0 Å². The van der Waals surface area contributed by atoms with Crippen molar-refractivity contribution in [3.63, 3.8) is 0 Å². The van der Waals surface area contributed by atoms with E-state index >= 15 is 0 Å². The molecule has 20 heavy (non-hydrogen) atoms. The van der Waals surface area contributed by atoms with Crippen LogP contribution in [0.4, 0.5) is 0 Å². The van der Waals surface area contributed by atoms with Crippen LogP contribution >= 0.6 is 38.9 Å². The molecule has 0 saturated carbocycles. The summed E-state index contributed by atoms with van der Waals surface area (Å²) in [5.74, 6) is 0.581. The van der Waals surface area contributed by atoms with Gasteiger partial charge in [-0.1, -0.05) is 49.7 Å². The summed E-state index contributed by atoms with van der Waals surface area (Å²) in [6, 6.07) is 11.3. The van der Waals surface area contributed by atoms with Crippen molar-refractivity contribution in [1.82, 2.24) is 5.32 Å². The molecule has 1 unspecified atom stereocenters. The van der Waals surface area contributed by atoms with E-state index in [2.05, 4.69) is 72.3 Å². The van der Waals surface area contributed by atoms with Gasteiger partial charge in [-0.3, -0.25) is 0 Å². The maximum atomic E-state index is 6.05. The summed E-state index contributed by atoms with van der Waals surface area (Å²) < 4.78 is 1.80. The van der Waals surface area contributed by atoms with E-state index < -0.39 is 0 Å². The molecule has 0 aliphatic heterocycles. The number of hydrogen-bond donors (Lipinski definition) is 1. The van der Waals surface area contributed by atoms with Crippen molar-refractivity contribution in [3.05, 3.63) is 55.1 Å². The third-order valence-electron chi connectivity index (χ3n) is 3.38. The Hall–Kier alpha value is -0.350. The van der Waals surface area contributed by atoms with Crippen LogP contribution in [0.3, 0.4) is 0 Å². The van der Waals surface area contributed by atoms with Crippen LogP contribution in [0.5, 0.6) is 0 Å². The van der Waals surface area contributed by atoms with Crippen molar-refractivity contribution in [2.45, 2.75) is 39.3 Å². The Labute approximate surface area is 138 Å². The van der Waals surface area contributed by atoms with Gasteiger partial charge < -0.3 is 5.32 Å². The van der Waals surface area contributed by atoms with E-state index in [9.17, 15) is 0 Å². The molecule has 0 radical (unpaired) electrons. The number of benzene rings is 1. The predicted octanol–water partition coefficient (Wildman–Crippen LogP) is 6.14. The quantitative estimate of drug-likeness (QED) is 0.665. The van der Waals surface area contributed by atoms with Gasteiger partial charge in [-0.2, -0.15) is 0 Å². The second-order valence-electron chi connectivity index (χ2n) is 5.26. The first-order chi connectivity index (χ1) is 9.47. The van der Waals surface area contributed by atoms with E-state index in [1.807, 2.05) is 0 Å². The standard InChI is InChI=1S/C16H19BrClNS/c1-10(2)12-4-6-13(7-5-12)11(3)19-9-14-8-15(17)16(18)20-14/h4-8,10-11,19H,9H2,1-3H3. The minimum Gasteiger partial charge on any atom is -0.305 e. The average Bonchev–Trinajstić information content (AvgIpc) is 2.75. The minimum atomic E-state index is 0.330. The lowest BCUT2D eigenvalue weighted by molar-refractivity contribution is 0.578. The largest absolute Gasteiger partial charge is 0.305 e. The van der Waals surface area contributed by atoms with Crippen molar-refractivity contribution in [1.29, 1.82) is 0 Å². The third kappa shape index (κ3) is 4.08. The number of thiophene rings is 1. The van der Waals surface area contributed by atoms with E-state index in [1.165, 1.54) is 16.0 Å². The molecule has 1 atom stereocenters. The van der Waals surface area contributed by atoms with Crippen LogP contribution in [-0.4, -0.2) is 0 Å². The molecule has 108 valence electrons. The van der Waals surface area contributed by atoms with Crippen molar-refractivity contribution in [2.24, 2.45) is 0 Å².